The van der Waals surface area contributed by atoms with E-state index in [2.05, 4.69) is 19.1 Å². The number of hydrogen-bond acceptors (Lipinski definition) is 2. The monoisotopic (exact) mass is 162 g/mol. The number of aryl methyl sites for hydroxylation is 1. The van der Waals surface area contributed by atoms with Crippen molar-refractivity contribution in [2.75, 3.05) is 0 Å². The van der Waals surface area contributed by atoms with Crippen LogP contribution >= 0.6 is 0 Å². The molecule has 1 rings (SSSR count). The second-order valence-corrected chi connectivity index (χ2v) is 3.02. The molecule has 0 saturated heterocycles. The Balaban J connectivity index is 2.69. The SMILES string of the molecule is Cc1cccc(CC(N)C=N)c1. The van der Waals surface area contributed by atoms with E-state index in [9.17, 15) is 0 Å². The van der Waals surface area contributed by atoms with E-state index in [-0.39, 0.29) is 6.04 Å². The minimum atomic E-state index is -0.146. The topological polar surface area (TPSA) is 49.9 Å². The Kier molecular flexibility index (Phi) is 3.00. The maximum Gasteiger partial charge on any atom is 0.0433 e. The molecule has 1 aromatic carbocycles. The van der Waals surface area contributed by atoms with Gasteiger partial charge >= 0.3 is 0 Å². The van der Waals surface area contributed by atoms with Crippen molar-refractivity contribution < 1.29 is 0 Å². The van der Waals surface area contributed by atoms with Gasteiger partial charge in [-0.05, 0) is 18.9 Å². The van der Waals surface area contributed by atoms with Gasteiger partial charge in [0, 0.05) is 12.3 Å². The van der Waals surface area contributed by atoms with Gasteiger partial charge in [0.05, 0.1) is 0 Å². The number of rotatable bonds is 3. The molecule has 0 saturated carbocycles. The minimum Gasteiger partial charge on any atom is -0.323 e. The van der Waals surface area contributed by atoms with Gasteiger partial charge in [0.25, 0.3) is 0 Å². The summed E-state index contributed by atoms with van der Waals surface area (Å²) in [6.07, 6.45) is 2.04. The van der Waals surface area contributed by atoms with Crippen LogP contribution in [0.2, 0.25) is 0 Å². The average Bonchev–Trinajstić information content (AvgIpc) is 2.04. The molecule has 0 aliphatic heterocycles. The first-order chi connectivity index (χ1) is 5.72. The summed E-state index contributed by atoms with van der Waals surface area (Å²) in [4.78, 5) is 0. The molecule has 0 amide bonds. The third kappa shape index (κ3) is 2.47. The van der Waals surface area contributed by atoms with Gasteiger partial charge in [-0.2, -0.15) is 0 Å². The molecular weight excluding hydrogens is 148 g/mol. The summed E-state index contributed by atoms with van der Waals surface area (Å²) >= 11 is 0. The van der Waals surface area contributed by atoms with E-state index in [1.807, 2.05) is 12.1 Å². The molecular formula is C10H14N2. The Labute approximate surface area is 72.9 Å². The van der Waals surface area contributed by atoms with Crippen molar-refractivity contribution in [3.63, 3.8) is 0 Å². The third-order valence-corrected chi connectivity index (χ3v) is 1.77. The highest BCUT2D eigenvalue weighted by molar-refractivity contribution is 5.60. The van der Waals surface area contributed by atoms with Crippen molar-refractivity contribution in [3.05, 3.63) is 35.4 Å². The largest absolute Gasteiger partial charge is 0.323 e. The lowest BCUT2D eigenvalue weighted by Gasteiger charge is -2.05. The molecule has 0 spiro atoms. The Morgan fingerprint density at radius 1 is 1.58 bits per heavy atom. The van der Waals surface area contributed by atoms with Gasteiger partial charge in [0.1, 0.15) is 0 Å². The summed E-state index contributed by atoms with van der Waals surface area (Å²) in [6.45, 7) is 2.05. The van der Waals surface area contributed by atoms with Crippen molar-refractivity contribution in [2.24, 2.45) is 5.73 Å². The van der Waals surface area contributed by atoms with Gasteiger partial charge in [0.2, 0.25) is 0 Å². The van der Waals surface area contributed by atoms with Crippen LogP contribution in [0.5, 0.6) is 0 Å². The molecule has 1 unspecified atom stereocenters. The van der Waals surface area contributed by atoms with E-state index >= 15 is 0 Å². The fourth-order valence-electron chi connectivity index (χ4n) is 1.17. The number of hydrogen-bond donors (Lipinski definition) is 2. The van der Waals surface area contributed by atoms with Crippen molar-refractivity contribution in [3.8, 4) is 0 Å². The summed E-state index contributed by atoms with van der Waals surface area (Å²) < 4.78 is 0. The minimum absolute atomic E-state index is 0.146. The first-order valence-electron chi connectivity index (χ1n) is 4.04. The molecule has 0 heterocycles. The van der Waals surface area contributed by atoms with Crippen LogP contribution in [-0.4, -0.2) is 12.3 Å². The summed E-state index contributed by atoms with van der Waals surface area (Å²) in [5.74, 6) is 0. The van der Waals surface area contributed by atoms with Crippen LogP contribution in [0.25, 0.3) is 0 Å². The Morgan fingerprint density at radius 2 is 2.33 bits per heavy atom. The molecule has 0 aromatic heterocycles. The normalized spacial score (nSPS) is 12.5. The van der Waals surface area contributed by atoms with Crippen LogP contribution < -0.4 is 5.73 Å². The van der Waals surface area contributed by atoms with E-state index in [1.54, 1.807) is 0 Å². The van der Waals surface area contributed by atoms with E-state index in [4.69, 9.17) is 11.1 Å². The first kappa shape index (κ1) is 8.94. The second-order valence-electron chi connectivity index (χ2n) is 3.02. The Bertz CT molecular complexity index is 268. The molecule has 1 atom stereocenters. The predicted octanol–water partition coefficient (Wildman–Crippen LogP) is 1.51. The molecule has 0 bridgehead atoms. The molecule has 1 aromatic rings. The van der Waals surface area contributed by atoms with Crippen LogP contribution in [0.4, 0.5) is 0 Å². The van der Waals surface area contributed by atoms with Gasteiger partial charge in [-0.1, -0.05) is 29.8 Å². The smallest absolute Gasteiger partial charge is 0.0433 e. The van der Waals surface area contributed by atoms with Crippen LogP contribution in [0.15, 0.2) is 24.3 Å². The lowest BCUT2D eigenvalue weighted by Crippen LogP contribution is -2.23. The van der Waals surface area contributed by atoms with Crippen LogP contribution in [0.1, 0.15) is 11.1 Å². The summed E-state index contributed by atoms with van der Waals surface area (Å²) in [6, 6.07) is 8.06. The summed E-state index contributed by atoms with van der Waals surface area (Å²) in [7, 11) is 0. The van der Waals surface area contributed by atoms with Crippen LogP contribution in [-0.2, 0) is 6.42 Å². The predicted molar refractivity (Wildman–Crippen MR) is 51.6 cm³/mol. The zero-order valence-corrected chi connectivity index (χ0v) is 7.25. The Hall–Kier alpha value is -1.15. The van der Waals surface area contributed by atoms with E-state index in [1.165, 1.54) is 17.3 Å². The molecule has 2 heteroatoms. The van der Waals surface area contributed by atoms with E-state index < -0.39 is 0 Å². The standard InChI is InChI=1S/C10H14N2/c1-8-3-2-4-9(5-8)6-10(12)7-11/h2-5,7,10-11H,6,12H2,1H3. The fourth-order valence-corrected chi connectivity index (χ4v) is 1.17. The molecule has 0 radical (unpaired) electrons. The lowest BCUT2D eigenvalue weighted by molar-refractivity contribution is 0.859. The van der Waals surface area contributed by atoms with Gasteiger partial charge in [0.15, 0.2) is 0 Å². The van der Waals surface area contributed by atoms with E-state index in [0.717, 1.165) is 6.42 Å². The molecule has 12 heavy (non-hydrogen) atoms. The second kappa shape index (κ2) is 4.02. The zero-order chi connectivity index (χ0) is 8.97. The van der Waals surface area contributed by atoms with Gasteiger partial charge in [-0.15, -0.1) is 0 Å². The van der Waals surface area contributed by atoms with Gasteiger partial charge in [-0.3, -0.25) is 0 Å². The van der Waals surface area contributed by atoms with Crippen molar-refractivity contribution in [2.45, 2.75) is 19.4 Å². The van der Waals surface area contributed by atoms with Gasteiger partial charge in [-0.25, -0.2) is 0 Å². The van der Waals surface area contributed by atoms with E-state index in [0.29, 0.717) is 0 Å². The zero-order valence-electron chi connectivity index (χ0n) is 7.25. The third-order valence-electron chi connectivity index (χ3n) is 1.77. The molecule has 64 valence electrons. The first-order valence-corrected chi connectivity index (χ1v) is 4.04. The number of nitrogens with two attached hydrogens (primary N) is 1. The molecule has 2 nitrogen and oxygen atoms in total. The molecule has 0 aliphatic carbocycles. The maximum absolute atomic E-state index is 6.96. The molecule has 0 fully saturated rings. The highest BCUT2D eigenvalue weighted by atomic mass is 14.6. The highest BCUT2D eigenvalue weighted by Gasteiger charge is 1.99. The molecule has 0 aliphatic rings. The summed E-state index contributed by atoms with van der Waals surface area (Å²) in [5, 5.41) is 6.96. The van der Waals surface area contributed by atoms with Gasteiger partial charge < -0.3 is 11.1 Å². The average molecular weight is 162 g/mol. The maximum atomic E-state index is 6.96. The quantitative estimate of drug-likeness (QED) is 0.650. The van der Waals surface area contributed by atoms with Crippen molar-refractivity contribution in [1.29, 1.82) is 5.41 Å². The van der Waals surface area contributed by atoms with Crippen LogP contribution in [0.3, 0.4) is 0 Å². The van der Waals surface area contributed by atoms with Crippen molar-refractivity contribution in [1.82, 2.24) is 0 Å². The highest BCUT2D eigenvalue weighted by Crippen LogP contribution is 2.05. The molecule has 3 N–H and O–H groups in total. The fraction of sp³-hybridized carbons (Fsp3) is 0.300. The lowest BCUT2D eigenvalue weighted by atomic mass is 10.1. The van der Waals surface area contributed by atoms with Crippen LogP contribution in [0, 0.1) is 12.3 Å². The number of benzene rings is 1. The summed E-state index contributed by atoms with van der Waals surface area (Å²) in [5.41, 5.74) is 8.05. The van der Waals surface area contributed by atoms with Crippen molar-refractivity contribution >= 4 is 6.21 Å². The Morgan fingerprint density at radius 3 is 2.92 bits per heavy atom. The number of nitrogens with one attached hydrogen (secondary N) is 1.